The van der Waals surface area contributed by atoms with E-state index in [1.54, 1.807) is 0 Å². The van der Waals surface area contributed by atoms with Crippen LogP contribution in [0.1, 0.15) is 37.5 Å². The van der Waals surface area contributed by atoms with Crippen LogP contribution in [-0.2, 0) is 6.54 Å². The quantitative estimate of drug-likeness (QED) is 0.858. The normalized spacial score (nSPS) is 25.4. The first-order valence-electron chi connectivity index (χ1n) is 6.35. The van der Waals surface area contributed by atoms with Gasteiger partial charge in [-0.05, 0) is 39.8 Å². The van der Waals surface area contributed by atoms with E-state index >= 15 is 0 Å². The van der Waals surface area contributed by atoms with Gasteiger partial charge in [0.05, 0.1) is 6.54 Å². The fourth-order valence-electron chi connectivity index (χ4n) is 2.55. The molecule has 1 aromatic rings. The third-order valence-corrected chi connectivity index (χ3v) is 3.68. The summed E-state index contributed by atoms with van der Waals surface area (Å²) in [6.07, 6.45) is 5.01. The number of hydrogen-bond donors (Lipinski definition) is 1. The summed E-state index contributed by atoms with van der Waals surface area (Å²) in [5, 5.41) is 11.3. The van der Waals surface area contributed by atoms with Crippen molar-refractivity contribution in [1.29, 1.82) is 0 Å². The minimum Gasteiger partial charge on any atom is -0.424 e. The molecule has 0 atom stereocenters. The van der Waals surface area contributed by atoms with Gasteiger partial charge in [-0.2, -0.15) is 0 Å². The Balaban J connectivity index is 1.82. The molecule has 17 heavy (non-hydrogen) atoms. The van der Waals surface area contributed by atoms with Gasteiger partial charge in [0.15, 0.2) is 0 Å². The van der Waals surface area contributed by atoms with E-state index < -0.39 is 0 Å². The second kappa shape index (κ2) is 5.60. The zero-order valence-electron chi connectivity index (χ0n) is 10.9. The maximum Gasteiger partial charge on any atom is 0.230 e. The Kier molecular flexibility index (Phi) is 4.12. The molecule has 0 aromatic carbocycles. The lowest BCUT2D eigenvalue weighted by Crippen LogP contribution is -2.39. The van der Waals surface area contributed by atoms with Crippen molar-refractivity contribution in [3.8, 4) is 0 Å². The first kappa shape index (κ1) is 12.5. The maximum absolute atomic E-state index is 5.41. The monoisotopic (exact) mass is 238 g/mol. The molecule has 0 radical (unpaired) electrons. The predicted molar refractivity (Wildman–Crippen MR) is 65.6 cm³/mol. The van der Waals surface area contributed by atoms with Crippen molar-refractivity contribution in [1.82, 2.24) is 20.4 Å². The standard InChI is InChI=1S/C12H22N4O/c1-9-14-15-12(17-9)8-16(3)11-6-4-10(13-2)5-7-11/h10-11,13H,4-8H2,1-3H3. The van der Waals surface area contributed by atoms with Crippen LogP contribution in [0.2, 0.25) is 0 Å². The third-order valence-electron chi connectivity index (χ3n) is 3.68. The largest absolute Gasteiger partial charge is 0.424 e. The lowest BCUT2D eigenvalue weighted by molar-refractivity contribution is 0.157. The number of aryl methyl sites for hydroxylation is 1. The van der Waals surface area contributed by atoms with Crippen molar-refractivity contribution >= 4 is 0 Å². The van der Waals surface area contributed by atoms with E-state index in [1.165, 1.54) is 25.7 Å². The minimum absolute atomic E-state index is 0.645. The Labute approximate surface area is 103 Å². The van der Waals surface area contributed by atoms with Crippen molar-refractivity contribution in [2.75, 3.05) is 14.1 Å². The highest BCUT2D eigenvalue weighted by Crippen LogP contribution is 2.23. The predicted octanol–water partition coefficient (Wildman–Crippen LogP) is 1.34. The Bertz CT molecular complexity index is 344. The molecule has 0 spiro atoms. The molecule has 1 saturated carbocycles. The summed E-state index contributed by atoms with van der Waals surface area (Å²) >= 11 is 0. The Morgan fingerprint density at radius 2 is 2.00 bits per heavy atom. The summed E-state index contributed by atoms with van der Waals surface area (Å²) in [6.45, 7) is 2.59. The second-order valence-electron chi connectivity index (χ2n) is 4.92. The fraction of sp³-hybridized carbons (Fsp3) is 0.833. The number of aromatic nitrogens is 2. The van der Waals surface area contributed by atoms with Gasteiger partial charge >= 0.3 is 0 Å². The first-order chi connectivity index (χ1) is 8.19. The van der Waals surface area contributed by atoms with Gasteiger partial charge in [0, 0.05) is 19.0 Å². The smallest absolute Gasteiger partial charge is 0.230 e. The molecule has 0 saturated heterocycles. The highest BCUT2D eigenvalue weighted by molar-refractivity contribution is 4.84. The molecule has 0 unspecified atom stereocenters. The van der Waals surface area contributed by atoms with Crippen LogP contribution in [0.15, 0.2) is 4.42 Å². The van der Waals surface area contributed by atoms with Crippen LogP contribution in [0.4, 0.5) is 0 Å². The molecule has 5 heteroatoms. The molecule has 0 aliphatic heterocycles. The number of hydrogen-bond acceptors (Lipinski definition) is 5. The average molecular weight is 238 g/mol. The van der Waals surface area contributed by atoms with Crippen LogP contribution in [0, 0.1) is 6.92 Å². The van der Waals surface area contributed by atoms with Crippen molar-refractivity contribution in [3.05, 3.63) is 11.8 Å². The topological polar surface area (TPSA) is 54.2 Å². The van der Waals surface area contributed by atoms with Crippen LogP contribution >= 0.6 is 0 Å². The molecule has 0 bridgehead atoms. The zero-order valence-corrected chi connectivity index (χ0v) is 10.9. The summed E-state index contributed by atoms with van der Waals surface area (Å²) < 4.78 is 5.41. The molecular weight excluding hydrogens is 216 g/mol. The molecule has 5 nitrogen and oxygen atoms in total. The molecular formula is C12H22N4O. The van der Waals surface area contributed by atoms with Gasteiger partial charge in [-0.1, -0.05) is 0 Å². The SMILES string of the molecule is CNC1CCC(N(C)Cc2nnc(C)o2)CC1. The van der Waals surface area contributed by atoms with Crippen LogP contribution in [-0.4, -0.2) is 41.3 Å². The van der Waals surface area contributed by atoms with Gasteiger partial charge in [-0.25, -0.2) is 0 Å². The van der Waals surface area contributed by atoms with Crippen molar-refractivity contribution < 1.29 is 4.42 Å². The Morgan fingerprint density at radius 1 is 1.29 bits per heavy atom. The minimum atomic E-state index is 0.645. The number of nitrogens with one attached hydrogen (secondary N) is 1. The summed E-state index contributed by atoms with van der Waals surface area (Å²) in [4.78, 5) is 2.33. The Morgan fingerprint density at radius 3 is 2.53 bits per heavy atom. The third kappa shape index (κ3) is 3.26. The van der Waals surface area contributed by atoms with E-state index in [1.807, 2.05) is 6.92 Å². The molecule has 2 rings (SSSR count). The Hall–Kier alpha value is -0.940. The summed E-state index contributed by atoms with van der Waals surface area (Å²) in [5.41, 5.74) is 0. The van der Waals surface area contributed by atoms with Crippen molar-refractivity contribution in [2.45, 2.75) is 51.2 Å². The average Bonchev–Trinajstić information content (AvgIpc) is 2.75. The number of rotatable bonds is 4. The molecule has 0 amide bonds. The van der Waals surface area contributed by atoms with Gasteiger partial charge in [-0.15, -0.1) is 10.2 Å². The van der Waals surface area contributed by atoms with E-state index in [2.05, 4.69) is 34.5 Å². The van der Waals surface area contributed by atoms with E-state index in [0.717, 1.165) is 12.4 Å². The zero-order chi connectivity index (χ0) is 12.3. The highest BCUT2D eigenvalue weighted by Gasteiger charge is 2.23. The van der Waals surface area contributed by atoms with Gasteiger partial charge in [0.2, 0.25) is 11.8 Å². The van der Waals surface area contributed by atoms with Crippen LogP contribution in [0.25, 0.3) is 0 Å². The first-order valence-corrected chi connectivity index (χ1v) is 6.35. The molecule has 1 heterocycles. The highest BCUT2D eigenvalue weighted by atomic mass is 16.4. The van der Waals surface area contributed by atoms with E-state index in [4.69, 9.17) is 4.42 Å². The second-order valence-corrected chi connectivity index (χ2v) is 4.92. The number of nitrogens with zero attached hydrogens (tertiary/aromatic N) is 3. The lowest BCUT2D eigenvalue weighted by Gasteiger charge is -2.33. The maximum atomic E-state index is 5.41. The van der Waals surface area contributed by atoms with Crippen molar-refractivity contribution in [2.24, 2.45) is 0 Å². The lowest BCUT2D eigenvalue weighted by atomic mass is 9.90. The van der Waals surface area contributed by atoms with Gasteiger partial charge in [0.1, 0.15) is 0 Å². The van der Waals surface area contributed by atoms with Crippen LogP contribution in [0.3, 0.4) is 0 Å². The summed E-state index contributed by atoms with van der Waals surface area (Å²) in [5.74, 6) is 1.37. The molecule has 1 aliphatic carbocycles. The molecule has 1 N–H and O–H groups in total. The van der Waals surface area contributed by atoms with Crippen LogP contribution in [0.5, 0.6) is 0 Å². The van der Waals surface area contributed by atoms with E-state index in [0.29, 0.717) is 18.0 Å². The molecule has 96 valence electrons. The van der Waals surface area contributed by atoms with Gasteiger partial charge in [-0.3, -0.25) is 4.90 Å². The fourth-order valence-corrected chi connectivity index (χ4v) is 2.55. The van der Waals surface area contributed by atoms with Crippen LogP contribution < -0.4 is 5.32 Å². The molecule has 1 aliphatic rings. The van der Waals surface area contributed by atoms with Gasteiger partial charge < -0.3 is 9.73 Å². The van der Waals surface area contributed by atoms with E-state index in [-0.39, 0.29) is 0 Å². The van der Waals surface area contributed by atoms with Gasteiger partial charge in [0.25, 0.3) is 0 Å². The molecule has 1 fully saturated rings. The summed E-state index contributed by atoms with van der Waals surface area (Å²) in [6, 6.07) is 1.34. The van der Waals surface area contributed by atoms with Crippen molar-refractivity contribution in [3.63, 3.8) is 0 Å². The van der Waals surface area contributed by atoms with E-state index in [9.17, 15) is 0 Å². The molecule has 1 aromatic heterocycles. The summed E-state index contributed by atoms with van der Waals surface area (Å²) in [7, 11) is 4.19.